The average Bonchev–Trinajstić information content (AvgIpc) is 3.29. The van der Waals surface area contributed by atoms with Crippen LogP contribution in [0.5, 0.6) is 5.75 Å². The highest BCUT2D eigenvalue weighted by molar-refractivity contribution is 7.86. The fourth-order valence-electron chi connectivity index (χ4n) is 3.30. The Labute approximate surface area is 224 Å². The van der Waals surface area contributed by atoms with Crippen molar-refractivity contribution < 1.29 is 51.5 Å². The molecule has 0 fully saturated rings. The zero-order valence-electron chi connectivity index (χ0n) is 20.4. The summed E-state index contributed by atoms with van der Waals surface area (Å²) in [5.41, 5.74) is 0.163. The van der Waals surface area contributed by atoms with Gasteiger partial charge in [-0.15, -0.1) is 20.2 Å². The molecule has 2 heterocycles. The maximum absolute atomic E-state index is 13.6. The van der Waals surface area contributed by atoms with Gasteiger partial charge in [0, 0.05) is 17.7 Å². The lowest BCUT2D eigenvalue weighted by atomic mass is 10.2. The van der Waals surface area contributed by atoms with Crippen LogP contribution in [-0.2, 0) is 35.8 Å². The van der Waals surface area contributed by atoms with Crippen molar-refractivity contribution in [1.29, 1.82) is 0 Å². The molecule has 0 aliphatic carbocycles. The van der Waals surface area contributed by atoms with Gasteiger partial charge in [-0.3, -0.25) is 9.19 Å². The number of alkyl halides is 3. The summed E-state index contributed by atoms with van der Waals surface area (Å²) in [6.45, 7) is -2.33. The number of ether oxygens (including phenoxy) is 2. The normalized spacial score (nSPS) is 14.3. The predicted molar refractivity (Wildman–Crippen MR) is 124 cm³/mol. The number of fused-ring (bicyclic) bond motifs is 1. The van der Waals surface area contributed by atoms with Crippen LogP contribution in [0.2, 0.25) is 0 Å². The third kappa shape index (κ3) is 7.80. The van der Waals surface area contributed by atoms with Crippen molar-refractivity contribution in [3.63, 3.8) is 0 Å². The number of benzene rings is 1. The van der Waals surface area contributed by atoms with Crippen LogP contribution in [-0.4, -0.2) is 62.9 Å². The van der Waals surface area contributed by atoms with Crippen molar-refractivity contribution in [2.45, 2.75) is 23.8 Å². The number of carbonyl (C=O) groups is 1. The number of nitrogens with zero attached hydrogens (tertiary/aromatic N) is 5. The molecule has 1 unspecified atom stereocenters. The Hall–Kier alpha value is -4.42. The molecule has 2 aromatic rings. The lowest BCUT2D eigenvalue weighted by Crippen LogP contribution is -2.42. The van der Waals surface area contributed by atoms with E-state index in [1.54, 1.807) is 12.1 Å². The molecule has 0 N–H and O–H groups in total. The third-order valence-electron chi connectivity index (χ3n) is 5.21. The highest BCUT2D eigenvalue weighted by Gasteiger charge is 2.48. The first-order valence-electron chi connectivity index (χ1n) is 11.1. The summed E-state index contributed by atoms with van der Waals surface area (Å²) >= 11 is 0. The zero-order chi connectivity index (χ0) is 29.5. The van der Waals surface area contributed by atoms with Gasteiger partial charge in [-0.25, -0.2) is 14.8 Å². The molecule has 0 radical (unpaired) electrons. The van der Waals surface area contributed by atoms with E-state index in [0.29, 0.717) is 0 Å². The number of carbonyl (C=O) groups excluding carboxylic acids is 1. The second-order valence-electron chi connectivity index (χ2n) is 8.10. The number of pyridine rings is 1. The van der Waals surface area contributed by atoms with Gasteiger partial charge in [-0.2, -0.15) is 13.2 Å². The van der Waals surface area contributed by atoms with Gasteiger partial charge < -0.3 is 19.1 Å². The van der Waals surface area contributed by atoms with Crippen LogP contribution in [0.25, 0.3) is 0 Å². The Balaban J connectivity index is 1.87. The van der Waals surface area contributed by atoms with E-state index in [1.807, 2.05) is 0 Å². The molecule has 19 heteroatoms. The van der Waals surface area contributed by atoms with Crippen molar-refractivity contribution in [3.05, 3.63) is 78.7 Å². The molecule has 40 heavy (non-hydrogen) atoms. The van der Waals surface area contributed by atoms with Crippen LogP contribution in [0.15, 0.2) is 46.5 Å². The van der Waals surface area contributed by atoms with Crippen LogP contribution in [0.4, 0.5) is 13.2 Å². The second kappa shape index (κ2) is 12.6. The van der Waals surface area contributed by atoms with Gasteiger partial charge in [-0.1, -0.05) is 12.1 Å². The zero-order valence-corrected chi connectivity index (χ0v) is 21.3. The van der Waals surface area contributed by atoms with Gasteiger partial charge >= 0.3 is 17.1 Å². The minimum atomic E-state index is -4.60. The summed E-state index contributed by atoms with van der Waals surface area (Å²) in [6, 6.07) is 7.32. The molecule has 1 aliphatic rings. The first-order valence-corrected chi connectivity index (χ1v) is 12.4. The second-order valence-corrected chi connectivity index (χ2v) is 9.65. The van der Waals surface area contributed by atoms with Crippen molar-refractivity contribution in [1.82, 2.24) is 4.98 Å². The molecule has 3 rings (SSSR count). The standard InChI is InChI=1S/C21H20F3N5O10S/c1-13-17(25-7-6-18(13)37-12-20(22,23)24)11-40(35)21(26-15-4-2-3-5-16(15)27-21)19(30)36-8-14(9-38-28(31)32)10-39-29(33)34/h2-7,14H,8-12H2,1H3. The van der Waals surface area contributed by atoms with Gasteiger partial charge in [-0.05, 0) is 25.1 Å². The lowest BCUT2D eigenvalue weighted by molar-refractivity contribution is -0.768. The Kier molecular flexibility index (Phi) is 9.51. The van der Waals surface area contributed by atoms with Crippen LogP contribution in [0.3, 0.4) is 0 Å². The Morgan fingerprint density at radius 1 is 1.05 bits per heavy atom. The molecular formula is C21H20F3N5O10S. The number of aromatic nitrogens is 1. The van der Waals surface area contributed by atoms with E-state index in [0.717, 1.165) is 6.20 Å². The molecule has 1 aromatic heterocycles. The van der Waals surface area contributed by atoms with Crippen LogP contribution in [0, 0.1) is 33.1 Å². The van der Waals surface area contributed by atoms with Crippen LogP contribution >= 0.6 is 0 Å². The number of esters is 1. The molecule has 0 bridgehead atoms. The molecule has 15 nitrogen and oxygen atoms in total. The number of hydrogen-bond acceptors (Lipinski definition) is 13. The van der Waals surface area contributed by atoms with Crippen LogP contribution < -0.4 is 15.5 Å². The summed E-state index contributed by atoms with van der Waals surface area (Å²) in [5, 5.41) is 19.1. The van der Waals surface area contributed by atoms with E-state index in [1.165, 1.54) is 25.1 Å². The van der Waals surface area contributed by atoms with Crippen molar-refractivity contribution in [2.24, 2.45) is 15.9 Å². The van der Waals surface area contributed by atoms with Gasteiger partial charge in [0.05, 0.1) is 39.6 Å². The predicted octanol–water partition coefficient (Wildman–Crippen LogP) is 0.763. The van der Waals surface area contributed by atoms with E-state index in [9.17, 15) is 42.4 Å². The summed E-state index contributed by atoms with van der Waals surface area (Å²) in [4.78, 5) is 52.8. The summed E-state index contributed by atoms with van der Waals surface area (Å²) in [5.74, 6) is -3.13. The molecular weight excluding hydrogens is 571 g/mol. The van der Waals surface area contributed by atoms with Gasteiger partial charge in [0.25, 0.3) is 10.2 Å². The number of halogens is 3. The molecule has 0 saturated carbocycles. The minimum absolute atomic E-state index is 0.0307. The maximum Gasteiger partial charge on any atom is 0.422 e. The lowest BCUT2D eigenvalue weighted by Gasteiger charge is -2.23. The quantitative estimate of drug-likeness (QED) is 0.171. The molecule has 0 spiro atoms. The Morgan fingerprint density at radius 2 is 1.62 bits per heavy atom. The SMILES string of the molecule is Cc1c(OCC(F)(F)F)ccnc1CS(=O)C1(C(=O)OCC(CO[N+](=O)[O-])CO[N+](=O)[O-])N=c2ccccc2=N1. The molecule has 0 saturated heterocycles. The number of hydrogen-bond donors (Lipinski definition) is 0. The van der Waals surface area contributed by atoms with Gasteiger partial charge in [0.1, 0.15) is 19.0 Å². The highest BCUT2D eigenvalue weighted by atomic mass is 32.2. The smallest absolute Gasteiger partial charge is 0.422 e. The summed E-state index contributed by atoms with van der Waals surface area (Å²) in [6.07, 6.45) is -3.46. The molecule has 1 aliphatic heterocycles. The first kappa shape index (κ1) is 30.1. The Bertz CT molecular complexity index is 1370. The fraction of sp³-hybridized carbons (Fsp3) is 0.429. The maximum atomic E-state index is 13.6. The number of para-hydroxylation sites is 2. The first-order chi connectivity index (χ1) is 18.8. The van der Waals surface area contributed by atoms with Gasteiger partial charge in [0.2, 0.25) is 0 Å². The van der Waals surface area contributed by atoms with E-state index in [-0.39, 0.29) is 27.7 Å². The summed E-state index contributed by atoms with van der Waals surface area (Å²) < 4.78 is 61.5. The number of rotatable bonds is 14. The molecule has 0 amide bonds. The van der Waals surface area contributed by atoms with Crippen molar-refractivity contribution >= 4 is 16.8 Å². The topological polar surface area (TPSA) is 195 Å². The third-order valence-corrected chi connectivity index (χ3v) is 6.73. The fourth-order valence-corrected chi connectivity index (χ4v) is 4.69. The molecule has 216 valence electrons. The highest BCUT2D eigenvalue weighted by Crippen LogP contribution is 2.28. The monoisotopic (exact) mass is 591 g/mol. The molecule has 1 atom stereocenters. The van der Waals surface area contributed by atoms with E-state index in [4.69, 9.17) is 9.47 Å². The largest absolute Gasteiger partial charge is 0.484 e. The van der Waals surface area contributed by atoms with Crippen molar-refractivity contribution in [2.75, 3.05) is 26.4 Å². The van der Waals surface area contributed by atoms with Gasteiger partial charge in [0.15, 0.2) is 6.61 Å². The average molecular weight is 591 g/mol. The van der Waals surface area contributed by atoms with Crippen LogP contribution in [0.1, 0.15) is 11.3 Å². The van der Waals surface area contributed by atoms with Crippen molar-refractivity contribution in [3.8, 4) is 5.75 Å². The van der Waals surface area contributed by atoms with E-state index in [2.05, 4.69) is 24.6 Å². The Morgan fingerprint density at radius 3 is 2.15 bits per heavy atom. The van der Waals surface area contributed by atoms with E-state index < -0.39 is 76.2 Å². The summed E-state index contributed by atoms with van der Waals surface area (Å²) in [7, 11) is -2.36. The minimum Gasteiger partial charge on any atom is -0.484 e. The molecule has 1 aromatic carbocycles. The van der Waals surface area contributed by atoms with E-state index >= 15 is 0 Å².